The second-order valence-electron chi connectivity index (χ2n) is 5.43. The number of nitrogens with one attached hydrogen (secondary N) is 2. The molecule has 1 aliphatic heterocycles. The summed E-state index contributed by atoms with van der Waals surface area (Å²) in [6.45, 7) is 2.86. The highest BCUT2D eigenvalue weighted by Crippen LogP contribution is 2.23. The van der Waals surface area contributed by atoms with Crippen LogP contribution in [0.25, 0.3) is 0 Å². The lowest BCUT2D eigenvalue weighted by Crippen LogP contribution is -2.44. The molecular formula is C15H23N3O4S. The molecular weight excluding hydrogens is 318 g/mol. The molecule has 1 aromatic carbocycles. The molecule has 3 N–H and O–H groups in total. The number of phenols is 1. The van der Waals surface area contributed by atoms with E-state index >= 15 is 0 Å². The van der Waals surface area contributed by atoms with E-state index < -0.39 is 9.84 Å². The Morgan fingerprint density at radius 1 is 1.48 bits per heavy atom. The van der Waals surface area contributed by atoms with Crippen molar-refractivity contribution in [3.63, 3.8) is 0 Å². The van der Waals surface area contributed by atoms with E-state index in [0.717, 1.165) is 0 Å². The summed E-state index contributed by atoms with van der Waals surface area (Å²) in [5.41, 5.74) is 0.639. The number of phenolic OH excluding ortho intramolecular Hbond substituents is 1. The number of rotatable bonds is 5. The van der Waals surface area contributed by atoms with Crippen LogP contribution in [0.2, 0.25) is 0 Å². The van der Waals surface area contributed by atoms with E-state index in [-0.39, 0.29) is 29.8 Å². The molecule has 0 aromatic heterocycles. The molecule has 128 valence electrons. The topological polar surface area (TPSA) is 100 Å². The second kappa shape index (κ2) is 7.54. The van der Waals surface area contributed by atoms with E-state index in [1.54, 1.807) is 25.3 Å². The summed E-state index contributed by atoms with van der Waals surface area (Å²) in [4.78, 5) is 4.42. The number of hydrogen-bond donors (Lipinski definition) is 3. The van der Waals surface area contributed by atoms with Gasteiger partial charge in [0.1, 0.15) is 11.5 Å². The van der Waals surface area contributed by atoms with Gasteiger partial charge in [-0.05, 0) is 31.5 Å². The van der Waals surface area contributed by atoms with Gasteiger partial charge in [0.2, 0.25) is 0 Å². The largest absolute Gasteiger partial charge is 0.508 e. The summed E-state index contributed by atoms with van der Waals surface area (Å²) in [6, 6.07) is 4.84. The molecule has 0 saturated carbocycles. The van der Waals surface area contributed by atoms with Crippen LogP contribution in [-0.2, 0) is 16.4 Å². The number of benzene rings is 1. The Balaban J connectivity index is 2.07. The van der Waals surface area contributed by atoms with Gasteiger partial charge < -0.3 is 20.5 Å². The molecule has 8 heteroatoms. The second-order valence-corrected chi connectivity index (χ2v) is 7.66. The number of hydrogen-bond acceptors (Lipinski definition) is 5. The molecule has 1 fully saturated rings. The van der Waals surface area contributed by atoms with Crippen LogP contribution in [0.1, 0.15) is 18.9 Å². The van der Waals surface area contributed by atoms with Crippen molar-refractivity contribution in [1.29, 1.82) is 0 Å². The molecule has 1 heterocycles. The van der Waals surface area contributed by atoms with Gasteiger partial charge in [-0.3, -0.25) is 0 Å². The highest BCUT2D eigenvalue weighted by molar-refractivity contribution is 7.91. The molecule has 0 spiro atoms. The van der Waals surface area contributed by atoms with E-state index in [1.165, 1.54) is 0 Å². The van der Waals surface area contributed by atoms with Gasteiger partial charge in [-0.25, -0.2) is 13.4 Å². The molecule has 0 bridgehead atoms. The monoisotopic (exact) mass is 341 g/mol. The van der Waals surface area contributed by atoms with Crippen LogP contribution in [0, 0.1) is 0 Å². The van der Waals surface area contributed by atoms with Crippen molar-refractivity contribution < 1.29 is 18.3 Å². The fourth-order valence-electron chi connectivity index (χ4n) is 2.40. The smallest absolute Gasteiger partial charge is 0.191 e. The molecule has 23 heavy (non-hydrogen) atoms. The summed E-state index contributed by atoms with van der Waals surface area (Å²) in [5.74, 6) is 1.67. The molecule has 7 nitrogen and oxygen atoms in total. The number of nitrogens with zero attached hydrogens (tertiary/aromatic N) is 1. The first-order valence-corrected chi connectivity index (χ1v) is 9.37. The van der Waals surface area contributed by atoms with Crippen molar-refractivity contribution in [1.82, 2.24) is 10.6 Å². The molecule has 1 aliphatic rings. The van der Waals surface area contributed by atoms with Crippen LogP contribution in [0.5, 0.6) is 11.5 Å². The number of sulfone groups is 1. The molecule has 0 radical (unpaired) electrons. The Kier molecular flexibility index (Phi) is 5.70. The summed E-state index contributed by atoms with van der Waals surface area (Å²) < 4.78 is 28.2. The van der Waals surface area contributed by atoms with Gasteiger partial charge in [-0.15, -0.1) is 0 Å². The van der Waals surface area contributed by atoms with Gasteiger partial charge in [-0.1, -0.05) is 0 Å². The van der Waals surface area contributed by atoms with E-state index in [9.17, 15) is 13.5 Å². The highest BCUT2D eigenvalue weighted by atomic mass is 32.2. The maximum Gasteiger partial charge on any atom is 0.191 e. The highest BCUT2D eigenvalue weighted by Gasteiger charge is 2.28. The predicted octanol–water partition coefficient (Wildman–Crippen LogP) is 0.643. The zero-order chi connectivity index (χ0) is 16.9. The summed E-state index contributed by atoms with van der Waals surface area (Å²) in [5, 5.41) is 16.1. The van der Waals surface area contributed by atoms with E-state index in [0.29, 0.717) is 30.2 Å². The number of aliphatic imine (C=N–C) groups is 1. The number of methoxy groups -OCH3 is 1. The molecule has 0 amide bonds. The van der Waals surface area contributed by atoms with Crippen molar-refractivity contribution in [3.8, 4) is 11.5 Å². The Bertz CT molecular complexity index is 673. The van der Waals surface area contributed by atoms with Gasteiger partial charge in [0.15, 0.2) is 15.8 Å². The Morgan fingerprint density at radius 3 is 2.87 bits per heavy atom. The van der Waals surface area contributed by atoms with Crippen LogP contribution in [0.4, 0.5) is 0 Å². The van der Waals surface area contributed by atoms with E-state index in [1.807, 2.05) is 6.92 Å². The lowest BCUT2D eigenvalue weighted by molar-refractivity contribution is 0.411. The van der Waals surface area contributed by atoms with Gasteiger partial charge in [0.05, 0.1) is 25.2 Å². The van der Waals surface area contributed by atoms with Crippen molar-refractivity contribution in [2.75, 3.05) is 25.2 Å². The lowest BCUT2D eigenvalue weighted by atomic mass is 10.2. The Labute approximate surface area is 136 Å². The standard InChI is InChI=1S/C15H23N3O4S/c1-3-16-15(18-12-6-7-23(20,21)10-12)17-9-11-8-13(22-2)4-5-14(11)19/h4-5,8,12,19H,3,6-7,9-10H2,1-2H3,(H2,16,17,18). The maximum absolute atomic E-state index is 11.5. The average molecular weight is 341 g/mol. The molecule has 1 atom stereocenters. The first-order chi connectivity index (χ1) is 10.9. The third-order valence-corrected chi connectivity index (χ3v) is 5.38. The van der Waals surface area contributed by atoms with Gasteiger partial charge in [0, 0.05) is 18.2 Å². The maximum atomic E-state index is 11.5. The minimum absolute atomic E-state index is 0.127. The average Bonchev–Trinajstić information content (AvgIpc) is 2.85. The summed E-state index contributed by atoms with van der Waals surface area (Å²) in [6.07, 6.45) is 0.581. The molecule has 0 aliphatic carbocycles. The third-order valence-electron chi connectivity index (χ3n) is 3.61. The van der Waals surface area contributed by atoms with Crippen molar-refractivity contribution in [3.05, 3.63) is 23.8 Å². The predicted molar refractivity (Wildman–Crippen MR) is 89.7 cm³/mol. The van der Waals surface area contributed by atoms with E-state index in [4.69, 9.17) is 4.74 Å². The number of guanidine groups is 1. The van der Waals surface area contributed by atoms with Gasteiger partial charge in [-0.2, -0.15) is 0 Å². The first kappa shape index (κ1) is 17.4. The summed E-state index contributed by atoms with van der Waals surface area (Å²) >= 11 is 0. The fourth-order valence-corrected chi connectivity index (χ4v) is 4.08. The minimum atomic E-state index is -2.94. The van der Waals surface area contributed by atoms with Crippen LogP contribution in [0.15, 0.2) is 23.2 Å². The molecule has 1 aromatic rings. The third kappa shape index (κ3) is 5.02. The van der Waals surface area contributed by atoms with E-state index in [2.05, 4.69) is 15.6 Å². The first-order valence-electron chi connectivity index (χ1n) is 7.54. The van der Waals surface area contributed by atoms with Crippen molar-refractivity contribution >= 4 is 15.8 Å². The van der Waals surface area contributed by atoms with Crippen LogP contribution < -0.4 is 15.4 Å². The molecule has 2 rings (SSSR count). The lowest BCUT2D eigenvalue weighted by Gasteiger charge is -2.16. The zero-order valence-corrected chi connectivity index (χ0v) is 14.2. The zero-order valence-electron chi connectivity index (χ0n) is 13.4. The number of ether oxygens (including phenoxy) is 1. The van der Waals surface area contributed by atoms with Crippen LogP contribution in [0.3, 0.4) is 0 Å². The van der Waals surface area contributed by atoms with Crippen molar-refractivity contribution in [2.45, 2.75) is 25.9 Å². The Hall–Kier alpha value is -1.96. The molecule has 1 unspecified atom stereocenters. The van der Waals surface area contributed by atoms with Gasteiger partial charge >= 0.3 is 0 Å². The fraction of sp³-hybridized carbons (Fsp3) is 0.533. The quantitative estimate of drug-likeness (QED) is 0.537. The Morgan fingerprint density at radius 2 is 2.26 bits per heavy atom. The van der Waals surface area contributed by atoms with Crippen molar-refractivity contribution in [2.24, 2.45) is 4.99 Å². The SMILES string of the molecule is CCNC(=NCc1cc(OC)ccc1O)NC1CCS(=O)(=O)C1. The molecule has 1 saturated heterocycles. The normalized spacial score (nSPS) is 20.3. The van der Waals surface area contributed by atoms with Gasteiger partial charge in [0.25, 0.3) is 0 Å². The number of aromatic hydroxyl groups is 1. The minimum Gasteiger partial charge on any atom is -0.508 e. The summed E-state index contributed by atoms with van der Waals surface area (Å²) in [7, 11) is -1.38. The van der Waals surface area contributed by atoms with Crippen LogP contribution in [-0.4, -0.2) is 50.7 Å². The van der Waals surface area contributed by atoms with Crippen LogP contribution >= 0.6 is 0 Å².